The van der Waals surface area contributed by atoms with E-state index in [4.69, 9.17) is 9.47 Å². The van der Waals surface area contributed by atoms with Gasteiger partial charge in [0.1, 0.15) is 5.56 Å². The summed E-state index contributed by atoms with van der Waals surface area (Å²) in [6, 6.07) is 3.18. The minimum Gasteiger partial charge on any atom is -0.480 e. The summed E-state index contributed by atoms with van der Waals surface area (Å²) in [5.41, 5.74) is -0.667. The van der Waals surface area contributed by atoms with Crippen LogP contribution in [-0.2, 0) is 9.53 Å². The van der Waals surface area contributed by atoms with E-state index in [9.17, 15) is 14.7 Å². The van der Waals surface area contributed by atoms with Gasteiger partial charge in [0, 0.05) is 12.8 Å². The van der Waals surface area contributed by atoms with Gasteiger partial charge in [-0.3, -0.25) is 4.79 Å². The van der Waals surface area contributed by atoms with Crippen molar-refractivity contribution in [2.24, 2.45) is 0 Å². The van der Waals surface area contributed by atoms with Gasteiger partial charge >= 0.3 is 5.97 Å². The summed E-state index contributed by atoms with van der Waals surface area (Å²) in [6.07, 6.45) is 0. The first-order valence-electron chi connectivity index (χ1n) is 5.90. The Hall–Kier alpha value is -2.15. The molecule has 0 aromatic carbocycles. The van der Waals surface area contributed by atoms with Crippen molar-refractivity contribution in [1.29, 1.82) is 0 Å². The van der Waals surface area contributed by atoms with Crippen LogP contribution in [-0.4, -0.2) is 48.3 Å². The summed E-state index contributed by atoms with van der Waals surface area (Å²) >= 11 is 0. The molecule has 1 aromatic heterocycles. The molecule has 0 aliphatic heterocycles. The highest BCUT2D eigenvalue weighted by atomic mass is 16.5. The van der Waals surface area contributed by atoms with E-state index in [1.807, 2.05) is 0 Å². The zero-order chi connectivity index (χ0) is 15.3. The van der Waals surface area contributed by atoms with Gasteiger partial charge in [-0.2, -0.15) is 0 Å². The summed E-state index contributed by atoms with van der Waals surface area (Å²) in [6.45, 7) is 2.97. The number of hydrogen-bond acceptors (Lipinski definition) is 5. The van der Waals surface area contributed by atoms with Crippen LogP contribution in [0.5, 0.6) is 5.88 Å². The molecule has 1 amide bonds. The van der Waals surface area contributed by atoms with Crippen molar-refractivity contribution in [2.75, 3.05) is 20.8 Å². The maximum absolute atomic E-state index is 12.2. The number of hydrogen-bond donors (Lipinski definition) is 2. The molecule has 0 bridgehead atoms. The molecule has 0 spiro atoms. The van der Waals surface area contributed by atoms with E-state index in [1.54, 1.807) is 13.0 Å². The SMILES string of the molecule is COCC(C)(NC(=O)c1ccc(C)nc1OC)C(=O)O. The average molecular weight is 282 g/mol. The lowest BCUT2D eigenvalue weighted by atomic mass is 10.0. The van der Waals surface area contributed by atoms with E-state index in [0.29, 0.717) is 5.69 Å². The van der Waals surface area contributed by atoms with Crippen LogP contribution in [0.25, 0.3) is 0 Å². The molecule has 1 rings (SSSR count). The van der Waals surface area contributed by atoms with Crippen molar-refractivity contribution < 1.29 is 24.2 Å². The molecule has 110 valence electrons. The first-order valence-corrected chi connectivity index (χ1v) is 5.90. The Morgan fingerprint density at radius 2 is 2.05 bits per heavy atom. The highest BCUT2D eigenvalue weighted by Crippen LogP contribution is 2.17. The number of ether oxygens (including phenoxy) is 2. The fourth-order valence-electron chi connectivity index (χ4n) is 1.62. The van der Waals surface area contributed by atoms with E-state index in [-0.39, 0.29) is 18.1 Å². The molecule has 1 aromatic rings. The van der Waals surface area contributed by atoms with Gasteiger partial charge in [-0.05, 0) is 26.0 Å². The van der Waals surface area contributed by atoms with Crippen LogP contribution in [0.1, 0.15) is 23.0 Å². The second-order valence-corrected chi connectivity index (χ2v) is 4.53. The number of carbonyl (C=O) groups excluding carboxylic acids is 1. The Balaban J connectivity index is 3.04. The Bertz CT molecular complexity index is 517. The van der Waals surface area contributed by atoms with Gasteiger partial charge < -0.3 is 19.9 Å². The first kappa shape index (κ1) is 15.9. The Morgan fingerprint density at radius 1 is 1.40 bits per heavy atom. The largest absolute Gasteiger partial charge is 0.480 e. The molecule has 0 saturated carbocycles. The van der Waals surface area contributed by atoms with Crippen LogP contribution in [0, 0.1) is 6.92 Å². The lowest BCUT2D eigenvalue weighted by molar-refractivity contribution is -0.145. The third-order valence-electron chi connectivity index (χ3n) is 2.73. The van der Waals surface area contributed by atoms with Crippen LogP contribution in [0.2, 0.25) is 0 Å². The molecule has 0 radical (unpaired) electrons. The van der Waals surface area contributed by atoms with Gasteiger partial charge in [0.05, 0.1) is 13.7 Å². The number of amides is 1. The van der Waals surface area contributed by atoms with Crippen molar-refractivity contribution in [3.63, 3.8) is 0 Å². The molecule has 7 nitrogen and oxygen atoms in total. The molecule has 1 atom stereocenters. The molecular weight excluding hydrogens is 264 g/mol. The number of pyridine rings is 1. The third kappa shape index (κ3) is 3.45. The monoisotopic (exact) mass is 282 g/mol. The van der Waals surface area contributed by atoms with Gasteiger partial charge in [0.25, 0.3) is 5.91 Å². The molecular formula is C13H18N2O5. The molecule has 1 unspecified atom stereocenters. The molecule has 0 aliphatic carbocycles. The van der Waals surface area contributed by atoms with Crippen molar-refractivity contribution >= 4 is 11.9 Å². The zero-order valence-electron chi connectivity index (χ0n) is 11.9. The van der Waals surface area contributed by atoms with Crippen LogP contribution in [0.3, 0.4) is 0 Å². The molecule has 0 aliphatic rings. The van der Waals surface area contributed by atoms with E-state index in [0.717, 1.165) is 0 Å². The Labute approximate surface area is 116 Å². The number of nitrogens with one attached hydrogen (secondary N) is 1. The minimum atomic E-state index is -1.53. The number of aryl methyl sites for hydroxylation is 1. The maximum atomic E-state index is 12.2. The van der Waals surface area contributed by atoms with E-state index in [1.165, 1.54) is 27.2 Å². The van der Waals surface area contributed by atoms with Gasteiger partial charge in [-0.1, -0.05) is 0 Å². The summed E-state index contributed by atoms with van der Waals surface area (Å²) in [4.78, 5) is 27.5. The van der Waals surface area contributed by atoms with Gasteiger partial charge in [0.2, 0.25) is 5.88 Å². The number of carboxylic acid groups (broad SMARTS) is 1. The summed E-state index contributed by atoms with van der Waals surface area (Å²) in [7, 11) is 2.76. The number of methoxy groups -OCH3 is 2. The molecule has 1 heterocycles. The number of nitrogens with zero attached hydrogens (tertiary/aromatic N) is 1. The summed E-state index contributed by atoms with van der Waals surface area (Å²) < 4.78 is 9.87. The predicted octanol–water partition coefficient (Wildman–Crippen LogP) is 0.618. The third-order valence-corrected chi connectivity index (χ3v) is 2.73. The molecule has 0 saturated heterocycles. The van der Waals surface area contributed by atoms with Crippen molar-refractivity contribution in [3.8, 4) is 5.88 Å². The molecule has 0 fully saturated rings. The Morgan fingerprint density at radius 3 is 2.55 bits per heavy atom. The summed E-state index contributed by atoms with van der Waals surface area (Å²) in [5, 5.41) is 11.6. The van der Waals surface area contributed by atoms with Crippen LogP contribution in [0.15, 0.2) is 12.1 Å². The fraction of sp³-hybridized carbons (Fsp3) is 0.462. The highest BCUT2D eigenvalue weighted by molar-refractivity contribution is 5.99. The predicted molar refractivity (Wildman–Crippen MR) is 70.9 cm³/mol. The topological polar surface area (TPSA) is 97.8 Å². The second kappa shape index (κ2) is 6.33. The van der Waals surface area contributed by atoms with Crippen molar-refractivity contribution in [3.05, 3.63) is 23.4 Å². The van der Waals surface area contributed by atoms with E-state index < -0.39 is 17.4 Å². The van der Waals surface area contributed by atoms with Gasteiger partial charge in [0.15, 0.2) is 5.54 Å². The molecule has 2 N–H and O–H groups in total. The Kier molecular flexibility index (Phi) is 5.04. The quantitative estimate of drug-likeness (QED) is 0.793. The minimum absolute atomic E-state index is 0.146. The summed E-state index contributed by atoms with van der Waals surface area (Å²) in [5.74, 6) is -1.63. The second-order valence-electron chi connectivity index (χ2n) is 4.53. The number of aromatic nitrogens is 1. The van der Waals surface area contributed by atoms with Gasteiger partial charge in [-0.15, -0.1) is 0 Å². The van der Waals surface area contributed by atoms with Gasteiger partial charge in [-0.25, -0.2) is 9.78 Å². The van der Waals surface area contributed by atoms with Crippen molar-refractivity contribution in [2.45, 2.75) is 19.4 Å². The normalized spacial score (nSPS) is 13.4. The fourth-order valence-corrected chi connectivity index (χ4v) is 1.62. The number of carboxylic acids is 1. The van der Waals surface area contributed by atoms with E-state index >= 15 is 0 Å². The van der Waals surface area contributed by atoms with Crippen LogP contribution < -0.4 is 10.1 Å². The zero-order valence-corrected chi connectivity index (χ0v) is 11.9. The standard InChI is InChI=1S/C13H18N2O5/c1-8-5-6-9(11(14-8)20-4)10(16)15-13(2,7-19-3)12(17)18/h5-6H,7H2,1-4H3,(H,15,16)(H,17,18). The number of carbonyl (C=O) groups is 2. The average Bonchev–Trinajstić information content (AvgIpc) is 2.38. The van der Waals surface area contributed by atoms with Crippen LogP contribution >= 0.6 is 0 Å². The molecule has 7 heteroatoms. The van der Waals surface area contributed by atoms with Crippen LogP contribution in [0.4, 0.5) is 0 Å². The first-order chi connectivity index (χ1) is 9.34. The smallest absolute Gasteiger partial charge is 0.331 e. The lowest BCUT2D eigenvalue weighted by Gasteiger charge is -2.25. The number of rotatable bonds is 6. The van der Waals surface area contributed by atoms with Crippen molar-refractivity contribution in [1.82, 2.24) is 10.3 Å². The number of aliphatic carboxylic acids is 1. The maximum Gasteiger partial charge on any atom is 0.331 e. The molecule has 20 heavy (non-hydrogen) atoms. The lowest BCUT2D eigenvalue weighted by Crippen LogP contribution is -2.55. The van der Waals surface area contributed by atoms with E-state index in [2.05, 4.69) is 10.3 Å². The highest BCUT2D eigenvalue weighted by Gasteiger charge is 2.36.